The zero-order valence-corrected chi connectivity index (χ0v) is 20.4. The van der Waals surface area contributed by atoms with E-state index >= 15 is 0 Å². The molecule has 3 heterocycles. The molecule has 3 aromatic rings. The standard InChI is InChI=1S/C27H24ClN3O3S/c28-22-11-4-5-12-23(22)35-25-26(32)29-31(27(25)33)24(17-7-2-1-3-8-17)18-9-6-10-19(13-18)30-15-21-14-20(30)16-34-21/h1-13,20-21,24-25H,14-16H2,(H,29,32). The van der Waals surface area contributed by atoms with Crippen LogP contribution >= 0.6 is 23.4 Å². The fraction of sp³-hybridized carbons (Fsp3) is 0.259. The highest BCUT2D eigenvalue weighted by Gasteiger charge is 2.45. The molecule has 1 N–H and O–H groups in total. The Morgan fingerprint density at radius 2 is 1.74 bits per heavy atom. The number of nitrogens with one attached hydrogen (secondary N) is 1. The summed E-state index contributed by atoms with van der Waals surface area (Å²) < 4.78 is 5.77. The lowest BCUT2D eigenvalue weighted by Crippen LogP contribution is -2.40. The highest BCUT2D eigenvalue weighted by molar-refractivity contribution is 8.01. The number of hydrogen-bond donors (Lipinski definition) is 1. The van der Waals surface area contributed by atoms with Crippen LogP contribution in [0.1, 0.15) is 23.6 Å². The molecule has 0 saturated carbocycles. The molecule has 8 heteroatoms. The van der Waals surface area contributed by atoms with E-state index in [1.807, 2.05) is 60.7 Å². The summed E-state index contributed by atoms with van der Waals surface area (Å²) in [7, 11) is 0. The molecule has 0 aliphatic carbocycles. The highest BCUT2D eigenvalue weighted by Crippen LogP contribution is 2.39. The summed E-state index contributed by atoms with van der Waals surface area (Å²) in [4.78, 5) is 29.7. The van der Waals surface area contributed by atoms with Gasteiger partial charge in [0.05, 0.1) is 23.8 Å². The molecule has 3 aromatic carbocycles. The van der Waals surface area contributed by atoms with Crippen molar-refractivity contribution in [3.63, 3.8) is 0 Å². The van der Waals surface area contributed by atoms with Gasteiger partial charge in [-0.15, -0.1) is 11.8 Å². The lowest BCUT2D eigenvalue weighted by atomic mass is 9.97. The molecular formula is C27H24ClN3O3S. The Balaban J connectivity index is 1.34. The number of hydrogen-bond acceptors (Lipinski definition) is 5. The number of anilines is 1. The van der Waals surface area contributed by atoms with Gasteiger partial charge in [0.15, 0.2) is 5.25 Å². The number of morpholine rings is 1. The number of halogens is 1. The molecular weight excluding hydrogens is 482 g/mol. The van der Waals surface area contributed by atoms with Gasteiger partial charge in [-0.25, -0.2) is 5.01 Å². The lowest BCUT2D eigenvalue weighted by Gasteiger charge is -2.32. The third-order valence-corrected chi connectivity index (χ3v) is 8.51. The Morgan fingerprint density at radius 1 is 0.971 bits per heavy atom. The van der Waals surface area contributed by atoms with Gasteiger partial charge in [-0.3, -0.25) is 15.0 Å². The summed E-state index contributed by atoms with van der Waals surface area (Å²) in [6, 6.07) is 25.2. The summed E-state index contributed by atoms with van der Waals surface area (Å²) in [5.41, 5.74) is 5.83. The Bertz CT molecular complexity index is 1270. The number of amides is 2. The zero-order chi connectivity index (χ0) is 23.9. The number of carbonyl (C=O) groups excluding carboxylic acids is 2. The first-order valence-electron chi connectivity index (χ1n) is 11.7. The summed E-state index contributed by atoms with van der Waals surface area (Å²) in [5.74, 6) is -0.626. The van der Waals surface area contributed by atoms with Crippen LogP contribution < -0.4 is 10.3 Å². The van der Waals surface area contributed by atoms with Crippen molar-refractivity contribution in [3.05, 3.63) is 95.0 Å². The summed E-state index contributed by atoms with van der Waals surface area (Å²) >= 11 is 7.48. The minimum atomic E-state index is -0.907. The normalized spacial score (nSPS) is 24.2. The number of nitrogens with zero attached hydrogens (tertiary/aromatic N) is 2. The molecule has 0 radical (unpaired) electrons. The minimum Gasteiger partial charge on any atom is -0.374 e. The van der Waals surface area contributed by atoms with E-state index < -0.39 is 11.3 Å². The van der Waals surface area contributed by atoms with Crippen LogP contribution in [-0.4, -0.2) is 47.4 Å². The van der Waals surface area contributed by atoms with Crippen molar-refractivity contribution in [1.82, 2.24) is 10.4 Å². The fourth-order valence-electron chi connectivity index (χ4n) is 5.15. The number of thioether (sulfide) groups is 1. The van der Waals surface area contributed by atoms with Gasteiger partial charge in [0, 0.05) is 17.1 Å². The third-order valence-electron chi connectivity index (χ3n) is 6.80. The van der Waals surface area contributed by atoms with Crippen LogP contribution in [0.4, 0.5) is 5.69 Å². The molecule has 6 nitrogen and oxygen atoms in total. The van der Waals surface area contributed by atoms with Crippen molar-refractivity contribution in [2.24, 2.45) is 0 Å². The van der Waals surface area contributed by atoms with E-state index in [0.717, 1.165) is 36.4 Å². The second-order valence-corrected chi connectivity index (χ2v) is 10.6. The van der Waals surface area contributed by atoms with Gasteiger partial charge in [0.1, 0.15) is 6.04 Å². The molecule has 3 saturated heterocycles. The molecule has 2 bridgehead atoms. The van der Waals surface area contributed by atoms with Crippen molar-refractivity contribution in [2.45, 2.75) is 34.8 Å². The first-order valence-corrected chi connectivity index (χ1v) is 12.9. The lowest BCUT2D eigenvalue weighted by molar-refractivity contribution is -0.131. The summed E-state index contributed by atoms with van der Waals surface area (Å²) in [5, 5.41) is 1.09. The van der Waals surface area contributed by atoms with Crippen molar-refractivity contribution in [2.75, 3.05) is 18.1 Å². The predicted molar refractivity (Wildman–Crippen MR) is 136 cm³/mol. The number of benzene rings is 3. The van der Waals surface area contributed by atoms with Gasteiger partial charge in [0.25, 0.3) is 11.8 Å². The monoisotopic (exact) mass is 505 g/mol. The predicted octanol–water partition coefficient (Wildman–Crippen LogP) is 4.44. The Kier molecular flexibility index (Phi) is 5.92. The largest absolute Gasteiger partial charge is 0.374 e. The van der Waals surface area contributed by atoms with Crippen LogP contribution in [0.5, 0.6) is 0 Å². The zero-order valence-electron chi connectivity index (χ0n) is 18.8. The van der Waals surface area contributed by atoms with Crippen LogP contribution in [0.3, 0.4) is 0 Å². The van der Waals surface area contributed by atoms with Crippen molar-refractivity contribution < 1.29 is 14.3 Å². The topological polar surface area (TPSA) is 61.9 Å². The Hall–Kier alpha value is -3.00. The van der Waals surface area contributed by atoms with Crippen molar-refractivity contribution in [3.8, 4) is 0 Å². The van der Waals surface area contributed by atoms with E-state index in [1.54, 1.807) is 6.07 Å². The van der Waals surface area contributed by atoms with Crippen LogP contribution in [0.2, 0.25) is 5.02 Å². The van der Waals surface area contributed by atoms with Gasteiger partial charge in [-0.1, -0.05) is 66.2 Å². The van der Waals surface area contributed by atoms with Crippen molar-refractivity contribution in [1.29, 1.82) is 0 Å². The van der Waals surface area contributed by atoms with Gasteiger partial charge in [-0.05, 0) is 41.8 Å². The quantitative estimate of drug-likeness (QED) is 0.502. The first-order chi connectivity index (χ1) is 17.1. The Morgan fingerprint density at radius 3 is 2.49 bits per heavy atom. The molecule has 0 aromatic heterocycles. The SMILES string of the molecule is O=C1NN(C(c2ccccc2)c2cccc(N3CC4CC3CO4)c2)C(=O)C1Sc1ccccc1Cl. The van der Waals surface area contributed by atoms with Gasteiger partial charge in [-0.2, -0.15) is 0 Å². The molecule has 0 spiro atoms. The summed E-state index contributed by atoms with van der Waals surface area (Å²) in [6.45, 7) is 1.62. The fourth-order valence-corrected chi connectivity index (χ4v) is 6.38. The molecule has 35 heavy (non-hydrogen) atoms. The van der Waals surface area contributed by atoms with E-state index in [-0.39, 0.29) is 17.9 Å². The van der Waals surface area contributed by atoms with E-state index in [0.29, 0.717) is 16.0 Å². The van der Waals surface area contributed by atoms with E-state index in [4.69, 9.17) is 16.3 Å². The highest BCUT2D eigenvalue weighted by atomic mass is 35.5. The molecule has 3 fully saturated rings. The Labute approximate surface area is 213 Å². The molecule has 178 valence electrons. The molecule has 4 atom stereocenters. The molecule has 2 amide bonds. The van der Waals surface area contributed by atoms with E-state index in [2.05, 4.69) is 22.5 Å². The third kappa shape index (κ3) is 4.18. The van der Waals surface area contributed by atoms with E-state index in [9.17, 15) is 9.59 Å². The number of carbonyl (C=O) groups is 2. The van der Waals surface area contributed by atoms with Crippen LogP contribution in [0, 0.1) is 0 Å². The second kappa shape index (κ2) is 9.22. The van der Waals surface area contributed by atoms with Crippen molar-refractivity contribution >= 4 is 40.9 Å². The second-order valence-electron chi connectivity index (χ2n) is 9.02. The first kappa shape index (κ1) is 22.5. The van der Waals surface area contributed by atoms with Gasteiger partial charge < -0.3 is 9.64 Å². The maximum Gasteiger partial charge on any atom is 0.265 e. The molecule has 4 unspecified atom stereocenters. The van der Waals surface area contributed by atoms with Crippen LogP contribution in [-0.2, 0) is 14.3 Å². The maximum absolute atomic E-state index is 13.6. The average molecular weight is 506 g/mol. The number of fused-ring (bicyclic) bond motifs is 2. The molecule has 3 aliphatic heterocycles. The number of hydrazine groups is 1. The number of rotatable bonds is 6. The van der Waals surface area contributed by atoms with Gasteiger partial charge >= 0.3 is 0 Å². The van der Waals surface area contributed by atoms with E-state index in [1.165, 1.54) is 16.8 Å². The van der Waals surface area contributed by atoms with Crippen LogP contribution in [0.25, 0.3) is 0 Å². The molecule has 3 aliphatic rings. The molecule has 6 rings (SSSR count). The van der Waals surface area contributed by atoms with Crippen LogP contribution in [0.15, 0.2) is 83.8 Å². The average Bonchev–Trinajstić information content (AvgIpc) is 3.58. The summed E-state index contributed by atoms with van der Waals surface area (Å²) in [6.07, 6.45) is 1.34. The maximum atomic E-state index is 13.6. The number of ether oxygens (including phenoxy) is 1. The minimum absolute atomic E-state index is 0.284. The van der Waals surface area contributed by atoms with Gasteiger partial charge in [0.2, 0.25) is 0 Å². The smallest absolute Gasteiger partial charge is 0.265 e.